The van der Waals surface area contributed by atoms with Gasteiger partial charge in [0.15, 0.2) is 0 Å². The van der Waals surface area contributed by atoms with E-state index < -0.39 is 0 Å². The van der Waals surface area contributed by atoms with E-state index in [0.29, 0.717) is 11.3 Å². The summed E-state index contributed by atoms with van der Waals surface area (Å²) in [7, 11) is 0. The number of ether oxygens (including phenoxy) is 1. The summed E-state index contributed by atoms with van der Waals surface area (Å²) in [4.78, 5) is 12.6. The van der Waals surface area contributed by atoms with E-state index in [1.807, 2.05) is 24.3 Å². The first-order valence-electron chi connectivity index (χ1n) is 10.7. The third-order valence-corrected chi connectivity index (χ3v) is 5.80. The first-order valence-corrected chi connectivity index (χ1v) is 10.7. The van der Waals surface area contributed by atoms with Crippen LogP contribution in [0.25, 0.3) is 17.5 Å². The highest BCUT2D eigenvalue weighted by Crippen LogP contribution is 2.31. The molecule has 1 aliphatic rings. The zero-order chi connectivity index (χ0) is 22.3. The van der Waals surface area contributed by atoms with Crippen molar-refractivity contribution in [2.24, 2.45) is 0 Å². The minimum atomic E-state index is -0.310. The van der Waals surface area contributed by atoms with Gasteiger partial charge in [-0.05, 0) is 73.2 Å². The molecule has 2 heterocycles. The third-order valence-electron chi connectivity index (χ3n) is 5.80. The third kappa shape index (κ3) is 4.13. The lowest BCUT2D eigenvalue weighted by atomic mass is 9.86. The first-order chi connectivity index (χ1) is 14.6. The molecule has 0 unspecified atom stereocenters. The number of aryl methyl sites for hydroxylation is 2. The summed E-state index contributed by atoms with van der Waals surface area (Å²) in [6, 6.07) is 18.8. The van der Waals surface area contributed by atoms with E-state index in [1.54, 1.807) is 0 Å². The van der Waals surface area contributed by atoms with Crippen molar-refractivity contribution in [3.05, 3.63) is 99.9 Å². The van der Waals surface area contributed by atoms with Gasteiger partial charge in [-0.25, -0.2) is 4.79 Å². The molecule has 1 aromatic heterocycles. The number of nitrogens with zero attached hydrogens (tertiary/aromatic N) is 1. The minimum Gasteiger partial charge on any atom is -0.422 e. The highest BCUT2D eigenvalue weighted by atomic mass is 16.5. The Labute approximate surface area is 184 Å². The lowest BCUT2D eigenvalue weighted by molar-refractivity contribution is -0.130. The molecule has 31 heavy (non-hydrogen) atoms. The summed E-state index contributed by atoms with van der Waals surface area (Å²) < 4.78 is 7.80. The Hall–Kier alpha value is -3.33. The highest BCUT2D eigenvalue weighted by molar-refractivity contribution is 6.05. The molecule has 0 aliphatic carbocycles. The van der Waals surface area contributed by atoms with Crippen molar-refractivity contribution in [1.29, 1.82) is 0 Å². The second kappa shape index (κ2) is 7.73. The number of benzene rings is 2. The summed E-state index contributed by atoms with van der Waals surface area (Å²) in [6.45, 7) is 12.8. The van der Waals surface area contributed by atoms with Gasteiger partial charge in [0.05, 0.1) is 5.57 Å². The monoisotopic (exact) mass is 411 g/mol. The maximum Gasteiger partial charge on any atom is 0.343 e. The van der Waals surface area contributed by atoms with Gasteiger partial charge in [-0.1, -0.05) is 57.2 Å². The molecule has 0 atom stereocenters. The van der Waals surface area contributed by atoms with Crippen molar-refractivity contribution < 1.29 is 9.53 Å². The van der Waals surface area contributed by atoms with Crippen LogP contribution in [0.15, 0.2) is 66.2 Å². The molecule has 0 saturated carbocycles. The van der Waals surface area contributed by atoms with Crippen molar-refractivity contribution >= 4 is 17.8 Å². The van der Waals surface area contributed by atoms with Crippen LogP contribution in [0, 0.1) is 20.8 Å². The van der Waals surface area contributed by atoms with Gasteiger partial charge in [0.1, 0.15) is 5.76 Å². The average Bonchev–Trinajstić information content (AvgIpc) is 3.20. The molecule has 3 heteroatoms. The minimum absolute atomic E-state index is 0.0875. The van der Waals surface area contributed by atoms with Crippen LogP contribution in [0.1, 0.15) is 54.4 Å². The Kier molecular flexibility index (Phi) is 5.22. The summed E-state index contributed by atoms with van der Waals surface area (Å²) in [5.41, 5.74) is 8.41. The Balaban J connectivity index is 1.67. The molecule has 4 rings (SSSR count). The van der Waals surface area contributed by atoms with Crippen LogP contribution in [0.2, 0.25) is 0 Å². The summed E-state index contributed by atoms with van der Waals surface area (Å²) in [5.74, 6) is 0.291. The lowest BCUT2D eigenvalue weighted by Crippen LogP contribution is -2.10. The topological polar surface area (TPSA) is 31.2 Å². The second-order valence-electron chi connectivity index (χ2n) is 9.33. The van der Waals surface area contributed by atoms with Gasteiger partial charge in [-0.15, -0.1) is 0 Å². The zero-order valence-corrected chi connectivity index (χ0v) is 19.1. The van der Waals surface area contributed by atoms with E-state index in [4.69, 9.17) is 4.74 Å². The molecule has 0 radical (unpaired) electrons. The molecule has 3 nitrogen and oxygen atoms in total. The number of esters is 1. The van der Waals surface area contributed by atoms with Crippen LogP contribution >= 0.6 is 0 Å². The van der Waals surface area contributed by atoms with E-state index in [9.17, 15) is 4.79 Å². The predicted octanol–water partition coefficient (Wildman–Crippen LogP) is 6.68. The molecule has 0 fully saturated rings. The van der Waals surface area contributed by atoms with E-state index in [0.717, 1.165) is 28.2 Å². The van der Waals surface area contributed by atoms with Gasteiger partial charge in [-0.2, -0.15) is 0 Å². The van der Waals surface area contributed by atoms with Gasteiger partial charge in [-0.3, -0.25) is 0 Å². The first kappa shape index (κ1) is 20.9. The molecule has 3 aromatic rings. The number of cyclic esters (lactones) is 1. The van der Waals surface area contributed by atoms with Crippen molar-refractivity contribution in [2.45, 2.75) is 47.0 Å². The van der Waals surface area contributed by atoms with E-state index in [-0.39, 0.29) is 11.4 Å². The molecule has 0 spiro atoms. The molecule has 1 aliphatic heterocycles. The average molecular weight is 412 g/mol. The largest absolute Gasteiger partial charge is 0.422 e. The molecule has 158 valence electrons. The fourth-order valence-electron chi connectivity index (χ4n) is 4.03. The van der Waals surface area contributed by atoms with Crippen molar-refractivity contribution in [3.8, 4) is 5.69 Å². The summed E-state index contributed by atoms with van der Waals surface area (Å²) in [5, 5.41) is 0. The number of hydrogen-bond acceptors (Lipinski definition) is 2. The molecule has 2 aromatic carbocycles. The Morgan fingerprint density at radius 2 is 1.65 bits per heavy atom. The van der Waals surface area contributed by atoms with E-state index >= 15 is 0 Å². The van der Waals surface area contributed by atoms with Crippen molar-refractivity contribution in [2.75, 3.05) is 0 Å². The van der Waals surface area contributed by atoms with Crippen LogP contribution in [0.5, 0.6) is 0 Å². The number of rotatable bonds is 3. The molecular weight excluding hydrogens is 382 g/mol. The van der Waals surface area contributed by atoms with Crippen LogP contribution in [-0.2, 0) is 14.9 Å². The normalized spacial score (nSPS) is 15.4. The maximum absolute atomic E-state index is 12.6. The van der Waals surface area contributed by atoms with Crippen LogP contribution in [0.3, 0.4) is 0 Å². The van der Waals surface area contributed by atoms with Gasteiger partial charge in [0.25, 0.3) is 0 Å². The maximum atomic E-state index is 12.6. The Bertz CT molecular complexity index is 1210. The van der Waals surface area contributed by atoms with Crippen LogP contribution in [0.4, 0.5) is 0 Å². The molecule has 0 amide bonds. The van der Waals surface area contributed by atoms with Crippen LogP contribution in [-0.4, -0.2) is 10.5 Å². The fraction of sp³-hybridized carbons (Fsp3) is 0.250. The second-order valence-corrected chi connectivity index (χ2v) is 9.33. The van der Waals surface area contributed by atoms with Gasteiger partial charge in [0.2, 0.25) is 0 Å². The van der Waals surface area contributed by atoms with E-state index in [2.05, 4.69) is 88.6 Å². The zero-order valence-electron chi connectivity index (χ0n) is 19.1. The molecular formula is C28H29NO2. The van der Waals surface area contributed by atoms with Gasteiger partial charge >= 0.3 is 5.97 Å². The molecule has 0 saturated heterocycles. The predicted molar refractivity (Wildman–Crippen MR) is 127 cm³/mol. The number of carbonyl (C=O) groups excluding carboxylic acids is 1. The molecule has 0 N–H and O–H groups in total. The number of aromatic nitrogens is 1. The smallest absolute Gasteiger partial charge is 0.343 e. The van der Waals surface area contributed by atoms with Crippen LogP contribution < -0.4 is 0 Å². The number of carbonyl (C=O) groups is 1. The molecule has 0 bridgehead atoms. The summed E-state index contributed by atoms with van der Waals surface area (Å²) >= 11 is 0. The Morgan fingerprint density at radius 1 is 0.935 bits per heavy atom. The standard InChI is InChI=1S/C28H29NO2/c1-18-8-7-9-25(14-18)29-19(2)15-22(20(29)3)16-23-17-26(31-27(23)30)21-10-12-24(13-11-21)28(4,5)6/h7-17H,1-6H3/b23-16+. The highest BCUT2D eigenvalue weighted by Gasteiger charge is 2.23. The van der Waals surface area contributed by atoms with Gasteiger partial charge in [0, 0.05) is 22.6 Å². The van der Waals surface area contributed by atoms with E-state index in [1.165, 1.54) is 11.1 Å². The van der Waals surface area contributed by atoms with Crippen molar-refractivity contribution in [3.63, 3.8) is 0 Å². The SMILES string of the molecule is Cc1cccc(-n2c(C)cc(/C=C3\C=C(c4ccc(C(C)(C)C)cc4)OC3=O)c2C)c1. The summed E-state index contributed by atoms with van der Waals surface area (Å²) in [6.07, 6.45) is 3.76. The van der Waals surface area contributed by atoms with Gasteiger partial charge < -0.3 is 9.30 Å². The fourth-order valence-corrected chi connectivity index (χ4v) is 4.03. The quantitative estimate of drug-likeness (QED) is 0.355. The van der Waals surface area contributed by atoms with Crippen molar-refractivity contribution in [1.82, 2.24) is 4.57 Å². The lowest BCUT2D eigenvalue weighted by Gasteiger charge is -2.19. The number of hydrogen-bond donors (Lipinski definition) is 0. The Morgan fingerprint density at radius 3 is 2.29 bits per heavy atom.